The van der Waals surface area contributed by atoms with Crippen molar-refractivity contribution in [3.05, 3.63) is 35.1 Å². The van der Waals surface area contributed by atoms with E-state index in [1.807, 2.05) is 0 Å². The first-order valence-corrected chi connectivity index (χ1v) is 10.1. The minimum absolute atomic E-state index is 0.222. The maximum atomic E-state index is 13.3. The van der Waals surface area contributed by atoms with Crippen LogP contribution in [0.2, 0.25) is 0 Å². The highest BCUT2D eigenvalue weighted by molar-refractivity contribution is 7.89. The fraction of sp³-hybridized carbons (Fsp3) is 0.444. The second-order valence-electron chi connectivity index (χ2n) is 6.68. The minimum Gasteiger partial charge on any atom is -0.497 e. The highest BCUT2D eigenvalue weighted by Gasteiger charge is 2.40. The summed E-state index contributed by atoms with van der Waals surface area (Å²) >= 11 is 0. The van der Waals surface area contributed by atoms with Crippen molar-refractivity contribution in [3.8, 4) is 5.75 Å². The summed E-state index contributed by atoms with van der Waals surface area (Å²) in [4.78, 5) is 12.9. The highest BCUT2D eigenvalue weighted by atomic mass is 32.2. The van der Waals surface area contributed by atoms with Gasteiger partial charge in [0.15, 0.2) is 5.82 Å². The molecule has 1 saturated heterocycles. The highest BCUT2D eigenvalue weighted by Crippen LogP contribution is 2.32. The number of anilines is 1. The Morgan fingerprint density at radius 2 is 1.93 bits per heavy atom. The van der Waals surface area contributed by atoms with Gasteiger partial charge in [-0.15, -0.1) is 0 Å². The maximum Gasteiger partial charge on any atom is 0.244 e. The first kappa shape index (κ1) is 19.4. The molecule has 0 radical (unpaired) electrons. The molecule has 1 aromatic heterocycles. The molecular formula is C18H23N3O5S. The van der Waals surface area contributed by atoms with E-state index < -0.39 is 22.0 Å². The first-order valence-electron chi connectivity index (χ1n) is 8.65. The number of sulfonamides is 1. The van der Waals surface area contributed by atoms with Crippen LogP contribution in [0.1, 0.15) is 29.7 Å². The lowest BCUT2D eigenvalue weighted by atomic mass is 10.1. The number of benzene rings is 1. The Hall–Kier alpha value is -2.39. The Bertz CT molecular complexity index is 944. The van der Waals surface area contributed by atoms with E-state index >= 15 is 0 Å². The van der Waals surface area contributed by atoms with E-state index in [1.165, 1.54) is 11.4 Å². The Morgan fingerprint density at radius 1 is 1.26 bits per heavy atom. The molecule has 0 bridgehead atoms. The van der Waals surface area contributed by atoms with E-state index in [0.29, 0.717) is 42.0 Å². The van der Waals surface area contributed by atoms with E-state index in [-0.39, 0.29) is 10.7 Å². The smallest absolute Gasteiger partial charge is 0.244 e. The van der Waals surface area contributed by atoms with Crippen LogP contribution in [-0.4, -0.2) is 43.5 Å². The number of hydrogen-bond acceptors (Lipinski definition) is 6. The van der Waals surface area contributed by atoms with Crippen molar-refractivity contribution in [1.29, 1.82) is 0 Å². The van der Waals surface area contributed by atoms with Gasteiger partial charge in [-0.05, 0) is 56.9 Å². The van der Waals surface area contributed by atoms with Crippen LogP contribution < -0.4 is 10.1 Å². The van der Waals surface area contributed by atoms with Gasteiger partial charge in [0.1, 0.15) is 17.6 Å². The molecule has 0 spiro atoms. The van der Waals surface area contributed by atoms with Crippen LogP contribution in [0.15, 0.2) is 27.6 Å². The van der Waals surface area contributed by atoms with E-state index in [2.05, 4.69) is 10.5 Å². The lowest BCUT2D eigenvalue weighted by Crippen LogP contribution is -2.43. The molecule has 1 amide bonds. The van der Waals surface area contributed by atoms with Gasteiger partial charge in [0, 0.05) is 12.6 Å². The van der Waals surface area contributed by atoms with Gasteiger partial charge in [-0.2, -0.15) is 4.31 Å². The summed E-state index contributed by atoms with van der Waals surface area (Å²) in [5.41, 5.74) is 1.18. The largest absolute Gasteiger partial charge is 0.497 e. The number of nitrogens with one attached hydrogen (secondary N) is 1. The Labute approximate surface area is 158 Å². The molecule has 1 aliphatic heterocycles. The lowest BCUT2D eigenvalue weighted by molar-refractivity contribution is -0.119. The van der Waals surface area contributed by atoms with Crippen molar-refractivity contribution in [1.82, 2.24) is 9.46 Å². The van der Waals surface area contributed by atoms with Gasteiger partial charge >= 0.3 is 0 Å². The predicted molar refractivity (Wildman–Crippen MR) is 99.3 cm³/mol. The van der Waals surface area contributed by atoms with E-state index in [1.54, 1.807) is 39.0 Å². The van der Waals surface area contributed by atoms with Crippen molar-refractivity contribution < 1.29 is 22.5 Å². The Balaban J connectivity index is 1.90. The van der Waals surface area contributed by atoms with Gasteiger partial charge in [-0.3, -0.25) is 4.79 Å². The molecule has 1 fully saturated rings. The number of aromatic nitrogens is 1. The predicted octanol–water partition coefficient (Wildman–Crippen LogP) is 2.40. The van der Waals surface area contributed by atoms with Gasteiger partial charge in [-0.25, -0.2) is 8.42 Å². The average molecular weight is 393 g/mol. The molecule has 0 unspecified atom stereocenters. The fourth-order valence-electron chi connectivity index (χ4n) is 3.48. The third kappa shape index (κ3) is 3.70. The zero-order valence-corrected chi connectivity index (χ0v) is 16.6. The van der Waals surface area contributed by atoms with Crippen LogP contribution >= 0.6 is 0 Å². The second-order valence-corrected chi connectivity index (χ2v) is 8.50. The number of carbonyl (C=O) groups excluding carboxylic acids is 1. The van der Waals surface area contributed by atoms with Crippen LogP contribution in [0.4, 0.5) is 5.82 Å². The van der Waals surface area contributed by atoms with Gasteiger partial charge in [0.2, 0.25) is 15.9 Å². The van der Waals surface area contributed by atoms with Crippen LogP contribution in [0.25, 0.3) is 0 Å². The Kier molecular flexibility index (Phi) is 5.25. The fourth-order valence-corrected chi connectivity index (χ4v) is 5.55. The number of rotatable bonds is 5. The van der Waals surface area contributed by atoms with Crippen molar-refractivity contribution in [2.75, 3.05) is 19.0 Å². The van der Waals surface area contributed by atoms with Crippen molar-refractivity contribution >= 4 is 21.7 Å². The van der Waals surface area contributed by atoms with Crippen LogP contribution in [0, 0.1) is 20.8 Å². The van der Waals surface area contributed by atoms with Gasteiger partial charge in [0.25, 0.3) is 0 Å². The third-order valence-corrected chi connectivity index (χ3v) is 6.84. The monoisotopic (exact) mass is 393 g/mol. The number of hydrogen-bond donors (Lipinski definition) is 1. The average Bonchev–Trinajstić information content (AvgIpc) is 3.23. The van der Waals surface area contributed by atoms with Gasteiger partial charge in [0.05, 0.1) is 12.0 Å². The Morgan fingerprint density at radius 3 is 2.48 bits per heavy atom. The minimum atomic E-state index is -3.83. The van der Waals surface area contributed by atoms with E-state index in [4.69, 9.17) is 9.26 Å². The SMILES string of the molecule is COc1cc(C)c(S(=O)(=O)N2CCC[C@H]2C(=O)Nc2cc(C)on2)c(C)c1. The quantitative estimate of drug-likeness (QED) is 0.837. The number of ether oxygens (including phenoxy) is 1. The first-order chi connectivity index (χ1) is 12.7. The normalized spacial score (nSPS) is 17.9. The molecule has 1 atom stereocenters. The van der Waals surface area contributed by atoms with Gasteiger partial charge in [-0.1, -0.05) is 5.16 Å². The second kappa shape index (κ2) is 7.32. The van der Waals surface area contributed by atoms with Gasteiger partial charge < -0.3 is 14.6 Å². The molecule has 1 N–H and O–H groups in total. The third-order valence-electron chi connectivity index (χ3n) is 4.62. The number of carbonyl (C=O) groups is 1. The standard InChI is InChI=1S/C18H23N3O5S/c1-11-8-14(25-4)9-12(2)17(11)27(23,24)21-7-5-6-15(21)18(22)19-16-10-13(3)26-20-16/h8-10,15H,5-7H2,1-4H3,(H,19,20,22)/t15-/m0/s1. The molecule has 0 aliphatic carbocycles. The molecule has 2 heterocycles. The molecule has 8 nitrogen and oxygen atoms in total. The van der Waals surface area contributed by atoms with Crippen molar-refractivity contribution in [2.24, 2.45) is 0 Å². The molecule has 1 aromatic carbocycles. The molecule has 0 saturated carbocycles. The van der Waals surface area contributed by atoms with E-state index in [0.717, 1.165) is 0 Å². The molecule has 27 heavy (non-hydrogen) atoms. The van der Waals surface area contributed by atoms with Crippen LogP contribution in [0.5, 0.6) is 5.75 Å². The molecule has 146 valence electrons. The molecular weight excluding hydrogens is 370 g/mol. The summed E-state index contributed by atoms with van der Waals surface area (Å²) in [6, 6.07) is 4.17. The summed E-state index contributed by atoms with van der Waals surface area (Å²) < 4.78 is 38.1. The topological polar surface area (TPSA) is 102 Å². The van der Waals surface area contributed by atoms with E-state index in [9.17, 15) is 13.2 Å². The number of methoxy groups -OCH3 is 1. The molecule has 3 rings (SSSR count). The number of aryl methyl sites for hydroxylation is 3. The number of amides is 1. The molecule has 9 heteroatoms. The molecule has 2 aromatic rings. The summed E-state index contributed by atoms with van der Waals surface area (Å²) in [6.45, 7) is 5.46. The van der Waals surface area contributed by atoms with Crippen LogP contribution in [-0.2, 0) is 14.8 Å². The molecule has 1 aliphatic rings. The lowest BCUT2D eigenvalue weighted by Gasteiger charge is -2.25. The zero-order valence-electron chi connectivity index (χ0n) is 15.8. The van der Waals surface area contributed by atoms with Crippen LogP contribution in [0.3, 0.4) is 0 Å². The van der Waals surface area contributed by atoms with Crippen molar-refractivity contribution in [3.63, 3.8) is 0 Å². The summed E-state index contributed by atoms with van der Waals surface area (Å²) in [5, 5.41) is 6.37. The summed E-state index contributed by atoms with van der Waals surface area (Å²) in [5.74, 6) is 1.03. The zero-order chi connectivity index (χ0) is 19.8. The number of nitrogens with zero attached hydrogens (tertiary/aromatic N) is 2. The van der Waals surface area contributed by atoms with Crippen molar-refractivity contribution in [2.45, 2.75) is 44.6 Å². The maximum absolute atomic E-state index is 13.3. The summed E-state index contributed by atoms with van der Waals surface area (Å²) in [6.07, 6.45) is 1.07. The summed E-state index contributed by atoms with van der Waals surface area (Å²) in [7, 11) is -2.30.